The van der Waals surface area contributed by atoms with Gasteiger partial charge in [0.15, 0.2) is 0 Å². The molecule has 6 heteroatoms. The Labute approximate surface area is 126 Å². The molecule has 1 aromatic heterocycles. The molecule has 1 heterocycles. The molecule has 0 atom stereocenters. The summed E-state index contributed by atoms with van der Waals surface area (Å²) in [6, 6.07) is 7.76. The first-order chi connectivity index (χ1) is 9.60. The van der Waals surface area contributed by atoms with Gasteiger partial charge < -0.3 is 10.9 Å². The van der Waals surface area contributed by atoms with Crippen LogP contribution in [0, 0.1) is 25.2 Å². The van der Waals surface area contributed by atoms with Crippen LogP contribution in [0.2, 0.25) is 5.02 Å². The predicted molar refractivity (Wildman–Crippen MR) is 83.4 cm³/mol. The maximum absolute atomic E-state index is 9.13. The molecule has 0 spiro atoms. The van der Waals surface area contributed by atoms with Crippen LogP contribution in [0.15, 0.2) is 29.8 Å². The van der Waals surface area contributed by atoms with Crippen molar-refractivity contribution < 1.29 is 0 Å². The maximum atomic E-state index is 9.13. The zero-order valence-corrected chi connectivity index (χ0v) is 12.6. The number of nitrogens with one attached hydrogen (secondary N) is 2. The standard InChI is InChI=1S/C14H13ClN4S/c1-9-3-4-12(5-13(9)15)19-17-7-11(6-16)14-18-10(2)8-20-14/h3-5,7-8,17,19H,1-2H3/b11-7+. The Bertz CT molecular complexity index is 685. The monoisotopic (exact) mass is 304 g/mol. The second kappa shape index (κ2) is 6.42. The quantitative estimate of drug-likeness (QED) is 0.664. The molecule has 2 N–H and O–H groups in total. The summed E-state index contributed by atoms with van der Waals surface area (Å²) in [5.41, 5.74) is 9.08. The lowest BCUT2D eigenvalue weighted by molar-refractivity contribution is 1.06. The number of rotatable bonds is 4. The molecule has 20 heavy (non-hydrogen) atoms. The minimum atomic E-state index is 0.480. The minimum absolute atomic E-state index is 0.480. The lowest BCUT2D eigenvalue weighted by atomic mass is 10.2. The Morgan fingerprint density at radius 3 is 2.85 bits per heavy atom. The van der Waals surface area contributed by atoms with Crippen molar-refractivity contribution in [2.24, 2.45) is 0 Å². The molecule has 4 nitrogen and oxygen atoms in total. The topological polar surface area (TPSA) is 60.7 Å². The molecule has 0 saturated heterocycles. The van der Waals surface area contributed by atoms with E-state index in [-0.39, 0.29) is 0 Å². The molecule has 0 fully saturated rings. The van der Waals surface area contributed by atoms with Crippen molar-refractivity contribution in [1.29, 1.82) is 5.26 Å². The van der Waals surface area contributed by atoms with Crippen molar-refractivity contribution in [3.05, 3.63) is 51.1 Å². The number of nitrogens with zero attached hydrogens (tertiary/aromatic N) is 2. The summed E-state index contributed by atoms with van der Waals surface area (Å²) < 4.78 is 0. The van der Waals surface area contributed by atoms with E-state index in [0.29, 0.717) is 15.6 Å². The number of benzene rings is 1. The number of allylic oxidation sites excluding steroid dienone is 1. The van der Waals surface area contributed by atoms with Gasteiger partial charge in [0.05, 0.1) is 5.69 Å². The Balaban J connectivity index is 2.04. The van der Waals surface area contributed by atoms with Crippen molar-refractivity contribution in [2.75, 3.05) is 5.43 Å². The third-order valence-corrected chi connectivity index (χ3v) is 3.98. The molecular weight excluding hydrogens is 292 g/mol. The number of thiazole rings is 1. The fourth-order valence-corrected chi connectivity index (χ4v) is 2.43. The van der Waals surface area contributed by atoms with Crippen molar-refractivity contribution >= 4 is 34.2 Å². The number of hydrogen-bond donors (Lipinski definition) is 2. The summed E-state index contributed by atoms with van der Waals surface area (Å²) in [4.78, 5) is 4.27. The van der Waals surface area contributed by atoms with E-state index in [1.54, 1.807) is 6.20 Å². The number of aryl methyl sites for hydroxylation is 2. The molecule has 0 saturated carbocycles. The highest BCUT2D eigenvalue weighted by molar-refractivity contribution is 7.10. The Morgan fingerprint density at radius 1 is 1.45 bits per heavy atom. The van der Waals surface area contributed by atoms with E-state index < -0.39 is 0 Å². The van der Waals surface area contributed by atoms with Crippen LogP contribution in [0.1, 0.15) is 16.3 Å². The summed E-state index contributed by atoms with van der Waals surface area (Å²) in [6.45, 7) is 3.84. The lowest BCUT2D eigenvalue weighted by Crippen LogP contribution is -2.14. The lowest BCUT2D eigenvalue weighted by Gasteiger charge is -2.07. The van der Waals surface area contributed by atoms with E-state index in [1.807, 2.05) is 37.4 Å². The van der Waals surface area contributed by atoms with Gasteiger partial charge >= 0.3 is 0 Å². The van der Waals surface area contributed by atoms with Crippen molar-refractivity contribution in [1.82, 2.24) is 10.4 Å². The summed E-state index contributed by atoms with van der Waals surface area (Å²) >= 11 is 7.48. The smallest absolute Gasteiger partial charge is 0.135 e. The third kappa shape index (κ3) is 3.50. The highest BCUT2D eigenvalue weighted by atomic mass is 35.5. The molecule has 0 aliphatic rings. The van der Waals surface area contributed by atoms with Gasteiger partial charge in [0.2, 0.25) is 0 Å². The van der Waals surface area contributed by atoms with E-state index >= 15 is 0 Å². The first kappa shape index (κ1) is 14.4. The van der Waals surface area contributed by atoms with Gasteiger partial charge in [-0.25, -0.2) is 4.98 Å². The summed E-state index contributed by atoms with van der Waals surface area (Å²) in [5, 5.41) is 12.4. The van der Waals surface area contributed by atoms with Gasteiger partial charge in [-0.1, -0.05) is 17.7 Å². The van der Waals surface area contributed by atoms with Crippen LogP contribution in [-0.4, -0.2) is 4.98 Å². The minimum Gasteiger partial charge on any atom is -0.307 e. The molecule has 0 amide bonds. The predicted octanol–water partition coefficient (Wildman–Crippen LogP) is 3.89. The third-order valence-electron chi connectivity index (χ3n) is 2.57. The van der Waals surface area contributed by atoms with Crippen molar-refractivity contribution in [3.63, 3.8) is 0 Å². The van der Waals surface area contributed by atoms with Gasteiger partial charge in [0, 0.05) is 22.3 Å². The van der Waals surface area contributed by atoms with Gasteiger partial charge in [-0.3, -0.25) is 0 Å². The normalized spacial score (nSPS) is 11.0. The Morgan fingerprint density at radius 2 is 2.25 bits per heavy atom. The molecule has 1 aromatic carbocycles. The van der Waals surface area contributed by atoms with Crippen molar-refractivity contribution in [3.8, 4) is 6.07 Å². The summed E-state index contributed by atoms with van der Waals surface area (Å²) in [5.74, 6) is 0. The van der Waals surface area contributed by atoms with Crippen LogP contribution in [-0.2, 0) is 0 Å². The Kier molecular flexibility index (Phi) is 4.61. The van der Waals surface area contributed by atoms with Crippen LogP contribution in [0.5, 0.6) is 0 Å². The molecule has 2 rings (SSSR count). The van der Waals surface area contributed by atoms with E-state index in [0.717, 1.165) is 16.9 Å². The Hall–Kier alpha value is -2.03. The summed E-state index contributed by atoms with van der Waals surface area (Å²) in [6.07, 6.45) is 1.59. The molecule has 2 aromatic rings. The zero-order chi connectivity index (χ0) is 14.5. The van der Waals surface area contributed by atoms with Crippen LogP contribution < -0.4 is 10.9 Å². The van der Waals surface area contributed by atoms with E-state index in [2.05, 4.69) is 21.9 Å². The van der Waals surface area contributed by atoms with E-state index in [4.69, 9.17) is 16.9 Å². The van der Waals surface area contributed by atoms with Crippen LogP contribution in [0.3, 0.4) is 0 Å². The van der Waals surface area contributed by atoms with E-state index in [9.17, 15) is 0 Å². The maximum Gasteiger partial charge on any atom is 0.135 e. The molecule has 0 bridgehead atoms. The number of hydrogen-bond acceptors (Lipinski definition) is 5. The number of hydrazine groups is 1. The van der Waals surface area contributed by atoms with Crippen LogP contribution in [0.25, 0.3) is 5.57 Å². The highest BCUT2D eigenvalue weighted by Gasteiger charge is 2.04. The number of nitriles is 1. The summed E-state index contributed by atoms with van der Waals surface area (Å²) in [7, 11) is 0. The number of anilines is 1. The van der Waals surface area contributed by atoms with Gasteiger partial charge in [-0.15, -0.1) is 11.3 Å². The van der Waals surface area contributed by atoms with E-state index in [1.165, 1.54) is 11.3 Å². The number of aromatic nitrogens is 1. The molecule has 0 unspecified atom stereocenters. The van der Waals surface area contributed by atoms with Gasteiger partial charge in [0.25, 0.3) is 0 Å². The van der Waals surface area contributed by atoms with Crippen molar-refractivity contribution in [2.45, 2.75) is 13.8 Å². The average molecular weight is 305 g/mol. The van der Waals surface area contributed by atoms with Gasteiger partial charge in [-0.05, 0) is 31.5 Å². The first-order valence-corrected chi connectivity index (χ1v) is 7.16. The SMILES string of the molecule is Cc1csc(/C(C#N)=C/NNc2ccc(C)c(Cl)c2)n1. The highest BCUT2D eigenvalue weighted by Crippen LogP contribution is 2.20. The molecular formula is C14H13ClN4S. The largest absolute Gasteiger partial charge is 0.307 e. The fraction of sp³-hybridized carbons (Fsp3) is 0.143. The van der Waals surface area contributed by atoms with Gasteiger partial charge in [0.1, 0.15) is 16.6 Å². The van der Waals surface area contributed by atoms with Gasteiger partial charge in [-0.2, -0.15) is 5.26 Å². The fourth-order valence-electron chi connectivity index (χ4n) is 1.48. The molecule has 0 radical (unpaired) electrons. The van der Waals surface area contributed by atoms with Crippen LogP contribution in [0.4, 0.5) is 5.69 Å². The molecule has 102 valence electrons. The first-order valence-electron chi connectivity index (χ1n) is 5.90. The average Bonchev–Trinajstić information content (AvgIpc) is 2.85. The molecule has 0 aliphatic carbocycles. The number of halogens is 1. The second-order valence-electron chi connectivity index (χ2n) is 4.20. The zero-order valence-electron chi connectivity index (χ0n) is 11.1. The van der Waals surface area contributed by atoms with Crippen LogP contribution >= 0.6 is 22.9 Å². The molecule has 0 aliphatic heterocycles. The second-order valence-corrected chi connectivity index (χ2v) is 5.46.